The summed E-state index contributed by atoms with van der Waals surface area (Å²) in [4.78, 5) is 0. The van der Waals surface area contributed by atoms with E-state index in [2.05, 4.69) is 26.1 Å². The monoisotopic (exact) mass is 141 g/mol. The van der Waals surface area contributed by atoms with E-state index in [4.69, 9.17) is 4.74 Å². The summed E-state index contributed by atoms with van der Waals surface area (Å²) >= 11 is 0. The molecule has 10 heavy (non-hydrogen) atoms. The predicted molar refractivity (Wildman–Crippen MR) is 41.5 cm³/mol. The molecular weight excluding hydrogens is 126 g/mol. The van der Waals surface area contributed by atoms with Gasteiger partial charge in [-0.1, -0.05) is 13.8 Å². The highest BCUT2D eigenvalue weighted by atomic mass is 16.5. The van der Waals surface area contributed by atoms with E-state index in [1.807, 2.05) is 0 Å². The molecule has 0 unspecified atom stereocenters. The molecule has 0 aromatic carbocycles. The van der Waals surface area contributed by atoms with Crippen LogP contribution in [0.1, 0.15) is 20.8 Å². The van der Waals surface area contributed by atoms with Gasteiger partial charge in [-0.3, -0.25) is 0 Å². The molecular formula is C8H15NO. The van der Waals surface area contributed by atoms with Gasteiger partial charge in [0.15, 0.2) is 0 Å². The second kappa shape index (κ2) is 2.95. The van der Waals surface area contributed by atoms with E-state index in [9.17, 15) is 0 Å². The third-order valence-corrected chi connectivity index (χ3v) is 1.64. The molecule has 0 atom stereocenters. The van der Waals surface area contributed by atoms with Gasteiger partial charge in [0.25, 0.3) is 0 Å². The minimum atomic E-state index is 0.507. The summed E-state index contributed by atoms with van der Waals surface area (Å²) in [5, 5.41) is 3.27. The third kappa shape index (κ3) is 1.43. The van der Waals surface area contributed by atoms with Crippen molar-refractivity contribution in [2.75, 3.05) is 13.2 Å². The SMILES string of the molecule is CC1=C(C(C)C)OCCN1. The molecule has 2 nitrogen and oxygen atoms in total. The van der Waals surface area contributed by atoms with Crippen LogP contribution in [-0.2, 0) is 4.74 Å². The Morgan fingerprint density at radius 2 is 2.20 bits per heavy atom. The maximum atomic E-state index is 5.47. The summed E-state index contributed by atoms with van der Waals surface area (Å²) in [6.07, 6.45) is 0. The molecule has 0 bridgehead atoms. The van der Waals surface area contributed by atoms with Gasteiger partial charge in [-0.15, -0.1) is 0 Å². The Morgan fingerprint density at radius 3 is 2.60 bits per heavy atom. The highest BCUT2D eigenvalue weighted by Crippen LogP contribution is 2.16. The fourth-order valence-electron chi connectivity index (χ4n) is 1.19. The average molecular weight is 141 g/mol. The van der Waals surface area contributed by atoms with Crippen molar-refractivity contribution in [3.05, 3.63) is 11.5 Å². The first kappa shape index (κ1) is 7.45. The van der Waals surface area contributed by atoms with E-state index in [-0.39, 0.29) is 0 Å². The van der Waals surface area contributed by atoms with Gasteiger partial charge >= 0.3 is 0 Å². The maximum Gasteiger partial charge on any atom is 0.117 e. The van der Waals surface area contributed by atoms with Crippen LogP contribution in [0.2, 0.25) is 0 Å². The van der Waals surface area contributed by atoms with Crippen molar-refractivity contribution in [3.63, 3.8) is 0 Å². The quantitative estimate of drug-likeness (QED) is 0.597. The Kier molecular flexibility index (Phi) is 2.20. The van der Waals surface area contributed by atoms with Gasteiger partial charge in [0.1, 0.15) is 12.4 Å². The van der Waals surface area contributed by atoms with Gasteiger partial charge in [-0.05, 0) is 6.92 Å². The van der Waals surface area contributed by atoms with Crippen LogP contribution in [0.15, 0.2) is 11.5 Å². The van der Waals surface area contributed by atoms with Crippen molar-refractivity contribution in [1.82, 2.24) is 5.32 Å². The molecule has 1 aliphatic rings. The standard InChI is InChI=1S/C8H15NO/c1-6(2)8-7(3)9-4-5-10-8/h6,9H,4-5H2,1-3H3. The lowest BCUT2D eigenvalue weighted by Crippen LogP contribution is -2.26. The van der Waals surface area contributed by atoms with Gasteiger partial charge in [-0.25, -0.2) is 0 Å². The molecule has 0 saturated carbocycles. The summed E-state index contributed by atoms with van der Waals surface area (Å²) in [5.41, 5.74) is 1.20. The molecule has 0 amide bonds. The maximum absolute atomic E-state index is 5.47. The summed E-state index contributed by atoms with van der Waals surface area (Å²) in [6, 6.07) is 0. The number of nitrogens with one attached hydrogen (secondary N) is 1. The van der Waals surface area contributed by atoms with Gasteiger partial charge in [-0.2, -0.15) is 0 Å². The van der Waals surface area contributed by atoms with Crippen LogP contribution in [0.3, 0.4) is 0 Å². The van der Waals surface area contributed by atoms with Crippen LogP contribution in [0.25, 0.3) is 0 Å². The third-order valence-electron chi connectivity index (χ3n) is 1.64. The second-order valence-corrected chi connectivity index (χ2v) is 2.92. The summed E-state index contributed by atoms with van der Waals surface area (Å²) in [6.45, 7) is 8.11. The van der Waals surface area contributed by atoms with E-state index in [1.165, 1.54) is 5.70 Å². The van der Waals surface area contributed by atoms with Gasteiger partial charge in [0.2, 0.25) is 0 Å². The summed E-state index contributed by atoms with van der Waals surface area (Å²) < 4.78 is 5.47. The highest BCUT2D eigenvalue weighted by molar-refractivity contribution is 5.07. The Balaban J connectivity index is 2.68. The van der Waals surface area contributed by atoms with E-state index < -0.39 is 0 Å². The molecule has 1 aliphatic heterocycles. The van der Waals surface area contributed by atoms with Crippen molar-refractivity contribution in [1.29, 1.82) is 0 Å². The molecule has 58 valence electrons. The van der Waals surface area contributed by atoms with Crippen LogP contribution in [0.5, 0.6) is 0 Å². The molecule has 0 aromatic heterocycles. The normalized spacial score (nSPS) is 18.8. The molecule has 1 rings (SSSR count). The smallest absolute Gasteiger partial charge is 0.117 e. The Hall–Kier alpha value is -0.660. The van der Waals surface area contributed by atoms with Gasteiger partial charge < -0.3 is 10.1 Å². The molecule has 0 fully saturated rings. The van der Waals surface area contributed by atoms with Crippen LogP contribution in [0, 0.1) is 5.92 Å². The first-order valence-electron chi connectivity index (χ1n) is 3.79. The van der Waals surface area contributed by atoms with Crippen molar-refractivity contribution < 1.29 is 4.74 Å². The van der Waals surface area contributed by atoms with Crippen molar-refractivity contribution in [2.45, 2.75) is 20.8 Å². The number of hydrogen-bond acceptors (Lipinski definition) is 2. The zero-order valence-corrected chi connectivity index (χ0v) is 6.90. The lowest BCUT2D eigenvalue weighted by atomic mass is 10.1. The summed E-state index contributed by atoms with van der Waals surface area (Å²) in [7, 11) is 0. The molecule has 1 heterocycles. The zero-order valence-electron chi connectivity index (χ0n) is 6.90. The molecule has 0 saturated heterocycles. The Morgan fingerprint density at radius 1 is 1.50 bits per heavy atom. The number of hydrogen-bond donors (Lipinski definition) is 1. The van der Waals surface area contributed by atoms with E-state index in [1.54, 1.807) is 0 Å². The first-order chi connectivity index (χ1) is 4.72. The molecule has 0 radical (unpaired) electrons. The first-order valence-corrected chi connectivity index (χ1v) is 3.79. The molecule has 1 N–H and O–H groups in total. The van der Waals surface area contributed by atoms with Crippen LogP contribution in [0.4, 0.5) is 0 Å². The lowest BCUT2D eigenvalue weighted by molar-refractivity contribution is 0.164. The second-order valence-electron chi connectivity index (χ2n) is 2.92. The van der Waals surface area contributed by atoms with E-state index in [0.717, 1.165) is 18.9 Å². The van der Waals surface area contributed by atoms with E-state index >= 15 is 0 Å². The van der Waals surface area contributed by atoms with Crippen molar-refractivity contribution in [2.24, 2.45) is 5.92 Å². The van der Waals surface area contributed by atoms with Gasteiger partial charge in [0, 0.05) is 18.2 Å². The summed E-state index contributed by atoms with van der Waals surface area (Å²) in [5.74, 6) is 1.62. The highest BCUT2D eigenvalue weighted by Gasteiger charge is 2.12. The van der Waals surface area contributed by atoms with Crippen molar-refractivity contribution >= 4 is 0 Å². The Labute approximate surface area is 62.3 Å². The fraction of sp³-hybridized carbons (Fsp3) is 0.750. The minimum absolute atomic E-state index is 0.507. The van der Waals surface area contributed by atoms with Crippen LogP contribution >= 0.6 is 0 Å². The van der Waals surface area contributed by atoms with E-state index in [0.29, 0.717) is 5.92 Å². The number of rotatable bonds is 1. The Bertz CT molecular complexity index is 149. The molecule has 2 heteroatoms. The molecule has 0 spiro atoms. The molecule has 0 aromatic rings. The number of allylic oxidation sites excluding steroid dienone is 2. The van der Waals surface area contributed by atoms with Crippen molar-refractivity contribution in [3.8, 4) is 0 Å². The van der Waals surface area contributed by atoms with Crippen LogP contribution in [-0.4, -0.2) is 13.2 Å². The largest absolute Gasteiger partial charge is 0.494 e. The van der Waals surface area contributed by atoms with Gasteiger partial charge in [0.05, 0.1) is 0 Å². The average Bonchev–Trinajstić information content (AvgIpc) is 1.88. The predicted octanol–water partition coefficient (Wildman–Crippen LogP) is 1.49. The molecule has 0 aliphatic carbocycles. The van der Waals surface area contributed by atoms with Crippen LogP contribution < -0.4 is 5.32 Å². The number of ether oxygens (including phenoxy) is 1. The fourth-order valence-corrected chi connectivity index (χ4v) is 1.19. The topological polar surface area (TPSA) is 21.3 Å². The zero-order chi connectivity index (χ0) is 7.56. The lowest BCUT2D eigenvalue weighted by Gasteiger charge is -2.22. The minimum Gasteiger partial charge on any atom is -0.494 e.